The van der Waals surface area contributed by atoms with Crippen molar-refractivity contribution in [3.63, 3.8) is 0 Å². The zero-order valence-electron chi connectivity index (χ0n) is 16.4. The van der Waals surface area contributed by atoms with E-state index in [0.717, 1.165) is 13.0 Å². The van der Waals surface area contributed by atoms with Crippen LogP contribution in [0.25, 0.3) is 0 Å². The molecule has 2 rings (SSSR count). The van der Waals surface area contributed by atoms with E-state index in [1.807, 2.05) is 40.0 Å². The van der Waals surface area contributed by atoms with Gasteiger partial charge in [0.15, 0.2) is 0 Å². The van der Waals surface area contributed by atoms with E-state index in [4.69, 9.17) is 4.74 Å². The van der Waals surface area contributed by atoms with Crippen LogP contribution < -0.4 is 4.90 Å². The number of anilines is 1. The summed E-state index contributed by atoms with van der Waals surface area (Å²) in [5, 5.41) is 0. The first-order valence-electron chi connectivity index (χ1n) is 9.56. The molecule has 0 aliphatic carbocycles. The van der Waals surface area contributed by atoms with Crippen molar-refractivity contribution in [1.29, 1.82) is 0 Å². The van der Waals surface area contributed by atoms with Crippen LogP contribution in [-0.2, 0) is 4.74 Å². The smallest absolute Gasteiger partial charge is 0.416 e. The van der Waals surface area contributed by atoms with Crippen LogP contribution in [0.15, 0.2) is 18.3 Å². The second kappa shape index (κ2) is 8.65. The quantitative estimate of drug-likeness (QED) is 0.743. The molecule has 5 heteroatoms. The Labute approximate surface area is 152 Å². The van der Waals surface area contributed by atoms with E-state index in [1.165, 1.54) is 31.4 Å². The number of hydrogen-bond donors (Lipinski definition) is 0. The van der Waals surface area contributed by atoms with Gasteiger partial charge in [-0.1, -0.05) is 19.9 Å². The number of carbonyl (C=O) groups excluding carboxylic acids is 1. The molecule has 1 aliphatic rings. The van der Waals surface area contributed by atoms with E-state index < -0.39 is 5.60 Å². The number of aromatic nitrogens is 1. The molecule has 1 fully saturated rings. The van der Waals surface area contributed by atoms with Crippen molar-refractivity contribution >= 4 is 11.9 Å². The summed E-state index contributed by atoms with van der Waals surface area (Å²) in [6, 6.07) is 4.54. The van der Waals surface area contributed by atoms with Crippen molar-refractivity contribution in [2.24, 2.45) is 0 Å². The number of rotatable bonds is 6. The first-order chi connectivity index (χ1) is 11.9. The monoisotopic (exact) mass is 347 g/mol. The summed E-state index contributed by atoms with van der Waals surface area (Å²) in [4.78, 5) is 21.2. The molecular weight excluding hydrogens is 314 g/mol. The Morgan fingerprint density at radius 1 is 1.32 bits per heavy atom. The molecule has 140 valence electrons. The Bertz CT molecular complexity index is 551. The first-order valence-corrected chi connectivity index (χ1v) is 9.56. The zero-order valence-corrected chi connectivity index (χ0v) is 16.4. The maximum Gasteiger partial charge on any atom is 0.416 e. The minimum Gasteiger partial charge on any atom is -0.443 e. The molecular formula is C20H33N3O2. The van der Waals surface area contributed by atoms with Crippen molar-refractivity contribution in [3.05, 3.63) is 23.9 Å². The van der Waals surface area contributed by atoms with Crippen molar-refractivity contribution in [2.75, 3.05) is 24.5 Å². The number of ether oxygens (including phenoxy) is 1. The predicted octanol–water partition coefficient (Wildman–Crippen LogP) is 4.78. The van der Waals surface area contributed by atoms with Crippen LogP contribution in [-0.4, -0.2) is 41.2 Å². The molecule has 1 aliphatic heterocycles. The van der Waals surface area contributed by atoms with Gasteiger partial charge >= 0.3 is 6.09 Å². The standard InChI is InChI=1S/C20H33N3O2/c1-6-12-22-14-8-9-17(22)16-10-11-18(21-15-16)23(13-7-2)19(24)25-20(3,4)5/h10-11,15,17H,6-9,12-14H2,1-5H3. The number of amides is 1. The Morgan fingerprint density at radius 3 is 2.64 bits per heavy atom. The summed E-state index contributed by atoms with van der Waals surface area (Å²) in [7, 11) is 0. The second-order valence-electron chi connectivity index (χ2n) is 7.78. The molecule has 0 radical (unpaired) electrons. The van der Waals surface area contributed by atoms with Gasteiger partial charge in [-0.25, -0.2) is 9.78 Å². The van der Waals surface area contributed by atoms with Gasteiger partial charge in [0.1, 0.15) is 11.4 Å². The fourth-order valence-electron chi connectivity index (χ4n) is 3.35. The van der Waals surface area contributed by atoms with Gasteiger partial charge in [-0.05, 0) is 71.2 Å². The molecule has 0 aromatic carbocycles. The minimum absolute atomic E-state index is 0.330. The summed E-state index contributed by atoms with van der Waals surface area (Å²) in [6.07, 6.45) is 6.06. The Balaban J connectivity index is 2.14. The van der Waals surface area contributed by atoms with Gasteiger partial charge in [0.25, 0.3) is 0 Å². The van der Waals surface area contributed by atoms with Crippen LogP contribution >= 0.6 is 0 Å². The SMILES string of the molecule is CCCN(C(=O)OC(C)(C)C)c1ccc(C2CCCN2CCC)cn1. The van der Waals surface area contributed by atoms with Crippen molar-refractivity contribution in [2.45, 2.75) is 71.9 Å². The van der Waals surface area contributed by atoms with E-state index in [0.29, 0.717) is 18.4 Å². The molecule has 1 saturated heterocycles. The van der Waals surface area contributed by atoms with Crippen LogP contribution in [0.5, 0.6) is 0 Å². The van der Waals surface area contributed by atoms with Gasteiger partial charge in [-0.15, -0.1) is 0 Å². The number of hydrogen-bond acceptors (Lipinski definition) is 4. The second-order valence-corrected chi connectivity index (χ2v) is 7.78. The average molecular weight is 348 g/mol. The summed E-state index contributed by atoms with van der Waals surface area (Å²) in [5.74, 6) is 0.667. The zero-order chi connectivity index (χ0) is 18.4. The third-order valence-electron chi connectivity index (χ3n) is 4.37. The van der Waals surface area contributed by atoms with Crippen LogP contribution in [0.4, 0.5) is 10.6 Å². The molecule has 1 aromatic rings. The molecule has 5 nitrogen and oxygen atoms in total. The molecule has 1 aromatic heterocycles. The number of pyridine rings is 1. The van der Waals surface area contributed by atoms with E-state index in [-0.39, 0.29) is 6.09 Å². The molecule has 0 N–H and O–H groups in total. The molecule has 0 spiro atoms. The summed E-state index contributed by atoms with van der Waals surface area (Å²) >= 11 is 0. The van der Waals surface area contributed by atoms with Crippen LogP contribution in [0.1, 0.15) is 71.9 Å². The molecule has 1 amide bonds. The van der Waals surface area contributed by atoms with Crippen molar-refractivity contribution in [3.8, 4) is 0 Å². The highest BCUT2D eigenvalue weighted by Crippen LogP contribution is 2.32. The highest BCUT2D eigenvalue weighted by molar-refractivity contribution is 5.86. The number of likely N-dealkylation sites (tertiary alicyclic amines) is 1. The van der Waals surface area contributed by atoms with Crippen molar-refractivity contribution in [1.82, 2.24) is 9.88 Å². The van der Waals surface area contributed by atoms with E-state index in [1.54, 1.807) is 4.90 Å². The largest absolute Gasteiger partial charge is 0.443 e. The maximum atomic E-state index is 12.5. The first kappa shape index (κ1) is 19.7. The highest BCUT2D eigenvalue weighted by Gasteiger charge is 2.27. The van der Waals surface area contributed by atoms with Gasteiger partial charge in [-0.3, -0.25) is 9.80 Å². The predicted molar refractivity (Wildman–Crippen MR) is 102 cm³/mol. The van der Waals surface area contributed by atoms with E-state index in [2.05, 4.69) is 22.9 Å². The lowest BCUT2D eigenvalue weighted by Crippen LogP contribution is -2.37. The number of carbonyl (C=O) groups is 1. The van der Waals surface area contributed by atoms with Crippen molar-refractivity contribution < 1.29 is 9.53 Å². The van der Waals surface area contributed by atoms with Gasteiger partial charge < -0.3 is 4.74 Å². The van der Waals surface area contributed by atoms with Gasteiger partial charge in [0.2, 0.25) is 0 Å². The Hall–Kier alpha value is -1.62. The Morgan fingerprint density at radius 2 is 2.08 bits per heavy atom. The van der Waals surface area contributed by atoms with Crippen LogP contribution in [0.2, 0.25) is 0 Å². The molecule has 0 bridgehead atoms. The summed E-state index contributed by atoms with van der Waals surface area (Å²) in [5.41, 5.74) is 0.739. The van der Waals surface area contributed by atoms with Gasteiger partial charge in [0.05, 0.1) is 0 Å². The lowest BCUT2D eigenvalue weighted by Gasteiger charge is -2.27. The highest BCUT2D eigenvalue weighted by atomic mass is 16.6. The third-order valence-corrected chi connectivity index (χ3v) is 4.37. The minimum atomic E-state index is -0.506. The molecule has 1 unspecified atom stereocenters. The lowest BCUT2D eigenvalue weighted by molar-refractivity contribution is 0.0579. The van der Waals surface area contributed by atoms with E-state index >= 15 is 0 Å². The third kappa shape index (κ3) is 5.43. The molecule has 1 atom stereocenters. The fraction of sp³-hybridized carbons (Fsp3) is 0.700. The van der Waals surface area contributed by atoms with Crippen LogP contribution in [0.3, 0.4) is 0 Å². The maximum absolute atomic E-state index is 12.5. The fourth-order valence-corrected chi connectivity index (χ4v) is 3.35. The van der Waals surface area contributed by atoms with Crippen LogP contribution in [0, 0.1) is 0 Å². The van der Waals surface area contributed by atoms with Gasteiger partial charge in [0, 0.05) is 18.8 Å². The average Bonchev–Trinajstić information content (AvgIpc) is 3.00. The number of nitrogens with zero attached hydrogens (tertiary/aromatic N) is 3. The van der Waals surface area contributed by atoms with Gasteiger partial charge in [-0.2, -0.15) is 0 Å². The summed E-state index contributed by atoms with van der Waals surface area (Å²) < 4.78 is 5.52. The molecule has 2 heterocycles. The lowest BCUT2D eigenvalue weighted by atomic mass is 10.1. The topological polar surface area (TPSA) is 45.7 Å². The molecule has 0 saturated carbocycles. The van der Waals surface area contributed by atoms with E-state index in [9.17, 15) is 4.79 Å². The Kier molecular flexibility index (Phi) is 6.82. The normalized spacial score (nSPS) is 18.4. The summed E-state index contributed by atoms with van der Waals surface area (Å²) in [6.45, 7) is 12.8. The molecule has 25 heavy (non-hydrogen) atoms.